The van der Waals surface area contributed by atoms with Crippen LogP contribution in [0.25, 0.3) is 0 Å². The van der Waals surface area contributed by atoms with Crippen molar-refractivity contribution in [1.29, 1.82) is 0 Å². The first kappa shape index (κ1) is 11.0. The summed E-state index contributed by atoms with van der Waals surface area (Å²) in [5.41, 5.74) is 0.232. The summed E-state index contributed by atoms with van der Waals surface area (Å²) in [5.74, 6) is 0.725. The molecule has 1 rings (SSSR count). The molecule has 0 aromatic rings. The Kier molecular flexibility index (Phi) is 3.01. The molecule has 1 heterocycles. The van der Waals surface area contributed by atoms with E-state index in [9.17, 15) is 4.39 Å². The van der Waals surface area contributed by atoms with Gasteiger partial charge in [0.1, 0.15) is 6.17 Å². The zero-order valence-corrected chi connectivity index (χ0v) is 9.47. The van der Waals surface area contributed by atoms with Crippen LogP contribution in [0.4, 0.5) is 4.39 Å². The largest absolute Gasteiger partial charge is 0.306 e. The standard InChI is InChI=1S/C11H22FN/c1-8(12)9-6-13(5)7-10(9)11(2,3)4/h8-10H,6-7H2,1-5H3/t8?,9-,10?/m0/s1. The number of alkyl halides is 1. The number of likely N-dealkylation sites (tertiary alicyclic amines) is 1. The molecule has 2 unspecified atom stereocenters. The molecule has 1 saturated heterocycles. The molecular weight excluding hydrogens is 165 g/mol. The summed E-state index contributed by atoms with van der Waals surface area (Å²) in [6, 6.07) is 0. The fourth-order valence-electron chi connectivity index (χ4n) is 2.41. The third-order valence-corrected chi connectivity index (χ3v) is 3.25. The second-order valence-electron chi connectivity index (χ2n) is 5.54. The molecule has 0 spiro atoms. The van der Waals surface area contributed by atoms with E-state index in [4.69, 9.17) is 0 Å². The van der Waals surface area contributed by atoms with Crippen molar-refractivity contribution >= 4 is 0 Å². The molecular formula is C11H22FN. The predicted molar refractivity (Wildman–Crippen MR) is 54.5 cm³/mol. The molecule has 1 nitrogen and oxygen atoms in total. The number of hydrogen-bond donors (Lipinski definition) is 0. The topological polar surface area (TPSA) is 3.24 Å². The third-order valence-electron chi connectivity index (χ3n) is 3.25. The molecule has 0 N–H and O–H groups in total. The maximum Gasteiger partial charge on any atom is 0.102 e. The summed E-state index contributed by atoms with van der Waals surface area (Å²) >= 11 is 0. The minimum atomic E-state index is -0.672. The first-order chi connectivity index (χ1) is 5.82. The quantitative estimate of drug-likeness (QED) is 0.610. The van der Waals surface area contributed by atoms with Gasteiger partial charge in [0.05, 0.1) is 0 Å². The van der Waals surface area contributed by atoms with E-state index in [0.29, 0.717) is 5.92 Å². The first-order valence-corrected chi connectivity index (χ1v) is 5.15. The summed E-state index contributed by atoms with van der Waals surface area (Å²) in [4.78, 5) is 2.25. The Morgan fingerprint density at radius 1 is 1.31 bits per heavy atom. The van der Waals surface area contributed by atoms with Gasteiger partial charge in [-0.25, -0.2) is 4.39 Å². The van der Waals surface area contributed by atoms with Crippen molar-refractivity contribution in [1.82, 2.24) is 4.90 Å². The molecule has 0 aliphatic carbocycles. The Bertz CT molecular complexity index is 171. The molecule has 0 aromatic heterocycles. The highest BCUT2D eigenvalue weighted by atomic mass is 19.1. The van der Waals surface area contributed by atoms with Gasteiger partial charge in [0.25, 0.3) is 0 Å². The van der Waals surface area contributed by atoms with E-state index < -0.39 is 6.17 Å². The van der Waals surface area contributed by atoms with Gasteiger partial charge in [-0.05, 0) is 25.3 Å². The monoisotopic (exact) mass is 187 g/mol. The van der Waals surface area contributed by atoms with Crippen LogP contribution in [-0.4, -0.2) is 31.2 Å². The lowest BCUT2D eigenvalue weighted by molar-refractivity contribution is 0.134. The van der Waals surface area contributed by atoms with Gasteiger partial charge < -0.3 is 4.90 Å². The molecule has 1 aliphatic heterocycles. The molecule has 0 bridgehead atoms. The van der Waals surface area contributed by atoms with Crippen molar-refractivity contribution in [2.45, 2.75) is 33.9 Å². The van der Waals surface area contributed by atoms with E-state index >= 15 is 0 Å². The van der Waals surface area contributed by atoms with E-state index in [1.54, 1.807) is 6.92 Å². The maximum absolute atomic E-state index is 13.3. The van der Waals surface area contributed by atoms with Crippen molar-refractivity contribution in [3.05, 3.63) is 0 Å². The predicted octanol–water partition coefficient (Wildman–Crippen LogP) is 2.57. The first-order valence-electron chi connectivity index (χ1n) is 5.15. The summed E-state index contributed by atoms with van der Waals surface area (Å²) in [6.45, 7) is 10.3. The molecule has 0 saturated carbocycles. The van der Waals surface area contributed by atoms with E-state index in [-0.39, 0.29) is 11.3 Å². The normalized spacial score (nSPS) is 33.7. The van der Waals surface area contributed by atoms with Gasteiger partial charge in [-0.15, -0.1) is 0 Å². The highest BCUT2D eigenvalue weighted by molar-refractivity contribution is 4.91. The number of halogens is 1. The molecule has 78 valence electrons. The Morgan fingerprint density at radius 3 is 2.15 bits per heavy atom. The molecule has 13 heavy (non-hydrogen) atoms. The molecule has 3 atom stereocenters. The minimum Gasteiger partial charge on any atom is -0.306 e. The second kappa shape index (κ2) is 3.56. The molecule has 0 radical (unpaired) electrons. The van der Waals surface area contributed by atoms with Gasteiger partial charge in [0.15, 0.2) is 0 Å². The van der Waals surface area contributed by atoms with Gasteiger partial charge >= 0.3 is 0 Å². The Balaban J connectivity index is 2.72. The smallest absolute Gasteiger partial charge is 0.102 e. The summed E-state index contributed by atoms with van der Waals surface area (Å²) in [5, 5.41) is 0. The van der Waals surface area contributed by atoms with Crippen molar-refractivity contribution < 1.29 is 4.39 Å². The van der Waals surface area contributed by atoms with Crippen molar-refractivity contribution in [2.24, 2.45) is 17.3 Å². The minimum absolute atomic E-state index is 0.227. The van der Waals surface area contributed by atoms with Gasteiger partial charge in [-0.2, -0.15) is 0 Å². The van der Waals surface area contributed by atoms with Crippen LogP contribution in [0.5, 0.6) is 0 Å². The van der Waals surface area contributed by atoms with Crippen LogP contribution in [0.3, 0.4) is 0 Å². The average Bonchev–Trinajstić information content (AvgIpc) is 2.29. The van der Waals surface area contributed by atoms with E-state index in [1.165, 1.54) is 0 Å². The molecule has 1 aliphatic rings. The highest BCUT2D eigenvalue weighted by Gasteiger charge is 2.41. The Morgan fingerprint density at radius 2 is 1.85 bits per heavy atom. The fraction of sp³-hybridized carbons (Fsp3) is 1.00. The Hall–Kier alpha value is -0.110. The maximum atomic E-state index is 13.3. The van der Waals surface area contributed by atoms with Crippen LogP contribution < -0.4 is 0 Å². The van der Waals surface area contributed by atoms with Crippen LogP contribution in [0.15, 0.2) is 0 Å². The number of hydrogen-bond acceptors (Lipinski definition) is 1. The summed E-state index contributed by atoms with van der Waals surface area (Å²) < 4.78 is 13.3. The highest BCUT2D eigenvalue weighted by Crippen LogP contribution is 2.39. The van der Waals surface area contributed by atoms with Crippen LogP contribution in [0, 0.1) is 17.3 Å². The third kappa shape index (κ3) is 2.43. The number of rotatable bonds is 1. The van der Waals surface area contributed by atoms with Crippen molar-refractivity contribution in [2.75, 3.05) is 20.1 Å². The lowest BCUT2D eigenvalue weighted by atomic mass is 9.74. The van der Waals surface area contributed by atoms with Gasteiger partial charge in [-0.1, -0.05) is 20.8 Å². The van der Waals surface area contributed by atoms with Crippen LogP contribution in [-0.2, 0) is 0 Å². The second-order valence-corrected chi connectivity index (χ2v) is 5.54. The van der Waals surface area contributed by atoms with Crippen LogP contribution in [0.1, 0.15) is 27.7 Å². The van der Waals surface area contributed by atoms with E-state index in [2.05, 4.69) is 32.7 Å². The zero-order chi connectivity index (χ0) is 10.2. The molecule has 0 aromatic carbocycles. The lowest BCUT2D eigenvalue weighted by Gasteiger charge is -2.32. The fourth-order valence-corrected chi connectivity index (χ4v) is 2.41. The van der Waals surface area contributed by atoms with E-state index in [0.717, 1.165) is 13.1 Å². The molecule has 0 amide bonds. The molecule has 2 heteroatoms. The van der Waals surface area contributed by atoms with Crippen molar-refractivity contribution in [3.63, 3.8) is 0 Å². The Labute approximate surface area is 81.3 Å². The van der Waals surface area contributed by atoms with Crippen molar-refractivity contribution in [3.8, 4) is 0 Å². The van der Waals surface area contributed by atoms with Gasteiger partial charge in [0, 0.05) is 19.0 Å². The molecule has 1 fully saturated rings. The number of nitrogens with zero attached hydrogens (tertiary/aromatic N) is 1. The summed E-state index contributed by atoms with van der Waals surface area (Å²) in [7, 11) is 2.08. The SMILES string of the molecule is CC(F)[C@@H]1CN(C)CC1C(C)(C)C. The summed E-state index contributed by atoms with van der Waals surface area (Å²) in [6.07, 6.45) is -0.672. The van der Waals surface area contributed by atoms with Crippen LogP contribution in [0.2, 0.25) is 0 Å². The van der Waals surface area contributed by atoms with Crippen LogP contribution >= 0.6 is 0 Å². The zero-order valence-electron chi connectivity index (χ0n) is 9.47. The average molecular weight is 187 g/mol. The van der Waals surface area contributed by atoms with Gasteiger partial charge in [-0.3, -0.25) is 0 Å². The lowest BCUT2D eigenvalue weighted by Crippen LogP contribution is -2.31. The van der Waals surface area contributed by atoms with E-state index in [1.807, 2.05) is 0 Å². The van der Waals surface area contributed by atoms with Gasteiger partial charge in [0.2, 0.25) is 0 Å².